The summed E-state index contributed by atoms with van der Waals surface area (Å²) >= 11 is 1.55. The fourth-order valence-electron chi connectivity index (χ4n) is 2.90. The molecule has 0 aliphatic rings. The van der Waals surface area contributed by atoms with Gasteiger partial charge < -0.3 is 15.3 Å². The topological polar surface area (TPSA) is 65.5 Å². The molecule has 0 unspecified atom stereocenters. The second-order valence-corrected chi connectivity index (χ2v) is 7.01. The number of thiazole rings is 1. The van der Waals surface area contributed by atoms with Gasteiger partial charge in [-0.25, -0.2) is 4.98 Å². The second-order valence-electron chi connectivity index (χ2n) is 6.15. The number of nitrogens with zero attached hydrogens (tertiary/aromatic N) is 2. The molecule has 0 aliphatic heterocycles. The summed E-state index contributed by atoms with van der Waals surface area (Å²) in [6, 6.07) is 15.9. The number of carboxylic acid groups (broad SMARTS) is 1. The molecule has 6 heteroatoms. The minimum atomic E-state index is -0.827. The van der Waals surface area contributed by atoms with E-state index in [0.29, 0.717) is 0 Å². The molecule has 140 valence electrons. The first-order chi connectivity index (χ1) is 13.1. The maximum Gasteiger partial charge on any atom is 0.307 e. The van der Waals surface area contributed by atoms with Crippen LogP contribution in [0.1, 0.15) is 19.4 Å². The lowest BCUT2D eigenvalue weighted by atomic mass is 10.1. The van der Waals surface area contributed by atoms with Crippen molar-refractivity contribution in [2.24, 2.45) is 0 Å². The van der Waals surface area contributed by atoms with Gasteiger partial charge in [-0.1, -0.05) is 24.3 Å². The summed E-state index contributed by atoms with van der Waals surface area (Å²) in [5.74, 6) is -0.827. The molecule has 1 aromatic heterocycles. The summed E-state index contributed by atoms with van der Waals surface area (Å²) < 4.78 is 0. The van der Waals surface area contributed by atoms with Gasteiger partial charge in [0.15, 0.2) is 5.13 Å². The Balaban J connectivity index is 1.68. The zero-order valence-electron chi connectivity index (χ0n) is 15.5. The van der Waals surface area contributed by atoms with E-state index in [4.69, 9.17) is 5.11 Å². The van der Waals surface area contributed by atoms with Gasteiger partial charge in [-0.15, -0.1) is 11.3 Å². The van der Waals surface area contributed by atoms with Crippen molar-refractivity contribution in [2.75, 3.05) is 23.3 Å². The summed E-state index contributed by atoms with van der Waals surface area (Å²) in [5.41, 5.74) is 4.92. The third-order valence-corrected chi connectivity index (χ3v) is 5.11. The Kier molecular flexibility index (Phi) is 6.08. The maximum absolute atomic E-state index is 10.7. The van der Waals surface area contributed by atoms with Crippen LogP contribution in [0.25, 0.3) is 11.3 Å². The summed E-state index contributed by atoms with van der Waals surface area (Å²) in [7, 11) is 0. The van der Waals surface area contributed by atoms with Crippen LogP contribution in [-0.4, -0.2) is 29.1 Å². The van der Waals surface area contributed by atoms with Crippen molar-refractivity contribution in [3.8, 4) is 11.3 Å². The third-order valence-electron chi connectivity index (χ3n) is 4.36. The second kappa shape index (κ2) is 8.68. The highest BCUT2D eigenvalue weighted by molar-refractivity contribution is 7.14. The zero-order valence-corrected chi connectivity index (χ0v) is 16.3. The van der Waals surface area contributed by atoms with Crippen molar-refractivity contribution >= 4 is 33.8 Å². The van der Waals surface area contributed by atoms with Crippen LogP contribution in [0.5, 0.6) is 0 Å². The smallest absolute Gasteiger partial charge is 0.307 e. The lowest BCUT2D eigenvalue weighted by Crippen LogP contribution is -2.21. The van der Waals surface area contributed by atoms with E-state index < -0.39 is 5.97 Å². The van der Waals surface area contributed by atoms with E-state index in [-0.39, 0.29) is 6.42 Å². The Bertz CT molecular complexity index is 885. The number of aromatic nitrogens is 1. The molecule has 5 nitrogen and oxygen atoms in total. The highest BCUT2D eigenvalue weighted by atomic mass is 32.1. The summed E-state index contributed by atoms with van der Waals surface area (Å²) in [6.45, 7) is 6.30. The number of anilines is 3. The molecule has 0 atom stereocenters. The number of hydrogen-bond acceptors (Lipinski definition) is 5. The van der Waals surface area contributed by atoms with Gasteiger partial charge in [-0.3, -0.25) is 4.79 Å². The molecule has 0 saturated carbocycles. The number of nitrogens with one attached hydrogen (secondary N) is 1. The maximum atomic E-state index is 10.7. The van der Waals surface area contributed by atoms with Gasteiger partial charge in [0.25, 0.3) is 0 Å². The third kappa shape index (κ3) is 4.86. The predicted molar refractivity (Wildman–Crippen MR) is 112 cm³/mol. The number of rotatable bonds is 8. The lowest BCUT2D eigenvalue weighted by Gasteiger charge is -2.20. The van der Waals surface area contributed by atoms with E-state index in [0.717, 1.165) is 40.7 Å². The van der Waals surface area contributed by atoms with Crippen molar-refractivity contribution in [3.63, 3.8) is 0 Å². The van der Waals surface area contributed by atoms with Crippen molar-refractivity contribution in [3.05, 3.63) is 59.5 Å². The first-order valence-electron chi connectivity index (χ1n) is 8.97. The van der Waals surface area contributed by atoms with Crippen molar-refractivity contribution < 1.29 is 9.90 Å². The van der Waals surface area contributed by atoms with Gasteiger partial charge in [0.2, 0.25) is 0 Å². The normalized spacial score (nSPS) is 10.6. The van der Waals surface area contributed by atoms with Crippen LogP contribution >= 0.6 is 11.3 Å². The Morgan fingerprint density at radius 1 is 1.07 bits per heavy atom. The molecule has 2 aromatic carbocycles. The van der Waals surface area contributed by atoms with Crippen LogP contribution in [0.3, 0.4) is 0 Å². The van der Waals surface area contributed by atoms with Gasteiger partial charge in [0.05, 0.1) is 12.1 Å². The average molecular weight is 382 g/mol. The van der Waals surface area contributed by atoms with Crippen LogP contribution in [0.15, 0.2) is 53.9 Å². The quantitative estimate of drug-likeness (QED) is 0.573. The lowest BCUT2D eigenvalue weighted by molar-refractivity contribution is -0.136. The van der Waals surface area contributed by atoms with Crippen molar-refractivity contribution in [1.82, 2.24) is 4.98 Å². The van der Waals surface area contributed by atoms with Crippen LogP contribution in [-0.2, 0) is 11.2 Å². The van der Waals surface area contributed by atoms with Gasteiger partial charge >= 0.3 is 5.97 Å². The Labute approximate surface area is 163 Å². The fourth-order valence-corrected chi connectivity index (χ4v) is 3.64. The Hall–Kier alpha value is -2.86. The molecule has 0 bridgehead atoms. The Morgan fingerprint density at radius 2 is 1.74 bits per heavy atom. The fraction of sp³-hybridized carbons (Fsp3) is 0.238. The minimum Gasteiger partial charge on any atom is -0.481 e. The molecule has 0 fully saturated rings. The van der Waals surface area contributed by atoms with Crippen LogP contribution in [0.4, 0.5) is 16.5 Å². The monoisotopic (exact) mass is 381 g/mol. The standard InChI is InChI=1S/C21H23N3O2S/c1-3-24(4-2)18-11-7-16(8-12-18)19-14-27-21(23-19)22-17-9-5-15(6-10-17)13-20(25)26/h5-12,14H,3-4,13H2,1-2H3,(H,22,23)(H,25,26). The molecule has 3 aromatic rings. The van der Waals surface area contributed by atoms with Gasteiger partial charge in [-0.2, -0.15) is 0 Å². The summed E-state index contributed by atoms with van der Waals surface area (Å²) in [6.07, 6.45) is 0.0329. The van der Waals surface area contributed by atoms with E-state index in [1.165, 1.54) is 5.69 Å². The van der Waals surface area contributed by atoms with E-state index in [1.807, 2.05) is 29.6 Å². The largest absolute Gasteiger partial charge is 0.481 e. The number of hydrogen-bond donors (Lipinski definition) is 2. The molecule has 1 heterocycles. The molecule has 0 aliphatic carbocycles. The van der Waals surface area contributed by atoms with Gasteiger partial charge in [0, 0.05) is 35.4 Å². The molecule has 0 amide bonds. The highest BCUT2D eigenvalue weighted by Gasteiger charge is 2.07. The molecule has 27 heavy (non-hydrogen) atoms. The number of aliphatic carboxylic acids is 1. The van der Waals surface area contributed by atoms with E-state index >= 15 is 0 Å². The summed E-state index contributed by atoms with van der Waals surface area (Å²) in [5, 5.41) is 14.9. The molecule has 2 N–H and O–H groups in total. The first kappa shape index (κ1) is 18.9. The number of carbonyl (C=O) groups is 1. The van der Waals surface area contributed by atoms with Crippen LogP contribution in [0.2, 0.25) is 0 Å². The molecule has 0 spiro atoms. The average Bonchev–Trinajstić information content (AvgIpc) is 3.13. The molecule has 3 rings (SSSR count). The number of benzene rings is 2. The molecular formula is C21H23N3O2S. The van der Waals surface area contributed by atoms with Crippen LogP contribution in [0, 0.1) is 0 Å². The highest BCUT2D eigenvalue weighted by Crippen LogP contribution is 2.28. The molecule has 0 saturated heterocycles. The van der Waals surface area contributed by atoms with Crippen molar-refractivity contribution in [2.45, 2.75) is 20.3 Å². The summed E-state index contributed by atoms with van der Waals surface area (Å²) in [4.78, 5) is 17.7. The minimum absolute atomic E-state index is 0.0329. The zero-order chi connectivity index (χ0) is 19.2. The Morgan fingerprint density at radius 3 is 2.33 bits per heavy atom. The van der Waals surface area contributed by atoms with E-state index in [2.05, 4.69) is 53.3 Å². The van der Waals surface area contributed by atoms with Gasteiger partial charge in [0.1, 0.15) is 0 Å². The van der Waals surface area contributed by atoms with Crippen molar-refractivity contribution in [1.29, 1.82) is 0 Å². The molecule has 0 radical (unpaired) electrons. The van der Waals surface area contributed by atoms with Gasteiger partial charge in [-0.05, 0) is 43.7 Å². The SMILES string of the molecule is CCN(CC)c1ccc(-c2csc(Nc3ccc(CC(=O)O)cc3)n2)cc1. The van der Waals surface area contributed by atoms with Crippen LogP contribution < -0.4 is 10.2 Å². The molecular weight excluding hydrogens is 358 g/mol. The van der Waals surface area contributed by atoms with E-state index in [9.17, 15) is 4.79 Å². The van der Waals surface area contributed by atoms with E-state index in [1.54, 1.807) is 11.3 Å². The first-order valence-corrected chi connectivity index (χ1v) is 9.85. The number of carboxylic acids is 1. The predicted octanol–water partition coefficient (Wildman–Crippen LogP) is 5.03.